The second-order valence-electron chi connectivity index (χ2n) is 4.89. The average molecular weight is 216 g/mol. The smallest absolute Gasteiger partial charge is 0.0582 e. The summed E-state index contributed by atoms with van der Waals surface area (Å²) >= 11 is 0. The van der Waals surface area contributed by atoms with Crippen molar-refractivity contribution in [3.8, 4) is 0 Å². The molecule has 3 nitrogen and oxygen atoms in total. The normalized spacial score (nSPS) is 29.3. The van der Waals surface area contributed by atoms with Gasteiger partial charge >= 0.3 is 0 Å². The van der Waals surface area contributed by atoms with E-state index in [1.807, 2.05) is 19.3 Å². The molecule has 1 aliphatic carbocycles. The van der Waals surface area contributed by atoms with Crippen LogP contribution in [0.25, 0.3) is 10.9 Å². The number of hydrogen-bond donors (Lipinski definition) is 2. The van der Waals surface area contributed by atoms with Crippen molar-refractivity contribution in [3.63, 3.8) is 0 Å². The molecule has 3 N–H and O–H groups in total. The van der Waals surface area contributed by atoms with Crippen molar-refractivity contribution in [3.05, 3.63) is 36.0 Å². The molecule has 2 aromatic rings. The highest BCUT2D eigenvalue weighted by atomic mass is 16.3. The number of rotatable bonds is 1. The lowest BCUT2D eigenvalue weighted by molar-refractivity contribution is 0.0215. The monoisotopic (exact) mass is 216 g/mol. The Morgan fingerprint density at radius 1 is 1.38 bits per heavy atom. The van der Waals surface area contributed by atoms with Gasteiger partial charge in [0.15, 0.2) is 0 Å². The van der Waals surface area contributed by atoms with Crippen LogP contribution < -0.4 is 5.73 Å². The molecule has 0 radical (unpaired) electrons. The molecule has 1 saturated carbocycles. The van der Waals surface area contributed by atoms with Crippen molar-refractivity contribution in [2.45, 2.75) is 24.5 Å². The Morgan fingerprint density at radius 3 is 2.81 bits per heavy atom. The fourth-order valence-corrected chi connectivity index (χ4v) is 2.76. The first-order valence-electron chi connectivity index (χ1n) is 5.62. The third-order valence-corrected chi connectivity index (χ3v) is 3.63. The summed E-state index contributed by atoms with van der Waals surface area (Å²) in [6, 6.07) is 8.31. The highest BCUT2D eigenvalue weighted by molar-refractivity contribution is 5.84. The molecule has 0 bridgehead atoms. The third-order valence-electron chi connectivity index (χ3n) is 3.63. The fraction of sp³-hybridized carbons (Fsp3) is 0.385. The van der Waals surface area contributed by atoms with Gasteiger partial charge in [-0.2, -0.15) is 0 Å². The summed E-state index contributed by atoms with van der Waals surface area (Å²) in [5.74, 6) is 0. The minimum absolute atomic E-state index is 0.236. The van der Waals surface area contributed by atoms with E-state index >= 15 is 0 Å². The van der Waals surface area contributed by atoms with Gasteiger partial charge in [-0.05, 0) is 29.9 Å². The first-order chi connectivity index (χ1) is 7.60. The lowest BCUT2D eigenvalue weighted by Gasteiger charge is -2.43. The maximum Gasteiger partial charge on any atom is 0.0582 e. The van der Waals surface area contributed by atoms with E-state index < -0.39 is 0 Å². The number of nitrogens with zero attached hydrogens (tertiary/aromatic N) is 1. The van der Waals surface area contributed by atoms with E-state index in [4.69, 9.17) is 5.73 Å². The Hall–Kier alpha value is -1.32. The quantitative estimate of drug-likeness (QED) is 0.758. The Bertz CT molecular complexity index is 538. The van der Waals surface area contributed by atoms with Gasteiger partial charge in [0.2, 0.25) is 0 Å². The highest BCUT2D eigenvalue weighted by Gasteiger charge is 2.42. The molecule has 0 saturated heterocycles. The molecule has 1 fully saturated rings. The molecular weight excluding hydrogens is 200 g/mol. The van der Waals surface area contributed by atoms with Gasteiger partial charge in [0, 0.05) is 18.8 Å². The molecule has 1 aliphatic rings. The van der Waals surface area contributed by atoms with E-state index in [1.165, 1.54) is 10.9 Å². The van der Waals surface area contributed by atoms with Crippen molar-refractivity contribution in [2.75, 3.05) is 0 Å². The van der Waals surface area contributed by atoms with E-state index in [1.54, 1.807) is 0 Å². The van der Waals surface area contributed by atoms with Crippen LogP contribution >= 0.6 is 0 Å². The molecule has 1 heterocycles. The third kappa shape index (κ3) is 1.22. The van der Waals surface area contributed by atoms with Gasteiger partial charge in [-0.3, -0.25) is 0 Å². The zero-order valence-corrected chi connectivity index (χ0v) is 9.35. The highest BCUT2D eigenvalue weighted by Crippen LogP contribution is 2.41. The maximum atomic E-state index is 9.45. The molecule has 0 aliphatic heterocycles. The van der Waals surface area contributed by atoms with Crippen molar-refractivity contribution in [2.24, 2.45) is 12.8 Å². The average Bonchev–Trinajstić information content (AvgIpc) is 2.58. The molecule has 3 heteroatoms. The first-order valence-corrected chi connectivity index (χ1v) is 5.62. The molecule has 84 valence electrons. The number of aliphatic hydroxyl groups is 1. The Morgan fingerprint density at radius 2 is 2.12 bits per heavy atom. The zero-order valence-electron chi connectivity index (χ0n) is 9.35. The Kier molecular flexibility index (Phi) is 1.91. The van der Waals surface area contributed by atoms with E-state index in [-0.39, 0.29) is 11.6 Å². The SMILES string of the molecule is Cn1ccc2cccc(C3(N)CC(O)C3)c21. The summed E-state index contributed by atoms with van der Waals surface area (Å²) in [6.45, 7) is 0. The van der Waals surface area contributed by atoms with E-state index in [2.05, 4.69) is 22.8 Å². The fourth-order valence-electron chi connectivity index (χ4n) is 2.76. The molecule has 0 atom stereocenters. The molecule has 1 aromatic heterocycles. The van der Waals surface area contributed by atoms with Crippen molar-refractivity contribution < 1.29 is 5.11 Å². The molecule has 0 spiro atoms. The van der Waals surface area contributed by atoms with Crippen molar-refractivity contribution in [1.82, 2.24) is 4.57 Å². The summed E-state index contributed by atoms with van der Waals surface area (Å²) in [4.78, 5) is 0. The number of fused-ring (bicyclic) bond motifs is 1. The van der Waals surface area contributed by atoms with Crippen LogP contribution in [0.3, 0.4) is 0 Å². The van der Waals surface area contributed by atoms with Crippen LogP contribution in [0.2, 0.25) is 0 Å². The first kappa shape index (κ1) is 9.87. The number of nitrogens with two attached hydrogens (primary N) is 1. The molecular formula is C13H16N2O. The maximum absolute atomic E-state index is 9.45. The van der Waals surface area contributed by atoms with Crippen LogP contribution in [-0.4, -0.2) is 15.8 Å². The van der Waals surface area contributed by atoms with E-state index in [9.17, 15) is 5.11 Å². The number of benzene rings is 1. The largest absolute Gasteiger partial charge is 0.393 e. The van der Waals surface area contributed by atoms with Crippen molar-refractivity contribution in [1.29, 1.82) is 0 Å². The van der Waals surface area contributed by atoms with Gasteiger partial charge in [-0.25, -0.2) is 0 Å². The van der Waals surface area contributed by atoms with Crippen LogP contribution in [0.4, 0.5) is 0 Å². The standard InChI is InChI=1S/C13H16N2O/c1-15-6-5-9-3-2-4-11(12(9)15)13(14)7-10(16)8-13/h2-6,10,16H,7-8,14H2,1H3. The summed E-state index contributed by atoms with van der Waals surface area (Å²) in [6.07, 6.45) is 3.14. The second-order valence-corrected chi connectivity index (χ2v) is 4.89. The van der Waals surface area contributed by atoms with Gasteiger partial charge in [-0.1, -0.05) is 18.2 Å². The lowest BCUT2D eigenvalue weighted by Crippen LogP contribution is -2.51. The molecule has 16 heavy (non-hydrogen) atoms. The van der Waals surface area contributed by atoms with Gasteiger partial charge in [0.25, 0.3) is 0 Å². The van der Waals surface area contributed by atoms with Crippen LogP contribution in [0.1, 0.15) is 18.4 Å². The summed E-state index contributed by atoms with van der Waals surface area (Å²) in [5, 5.41) is 10.7. The predicted molar refractivity (Wildman–Crippen MR) is 64.0 cm³/mol. The van der Waals surface area contributed by atoms with E-state index in [0.29, 0.717) is 12.8 Å². The summed E-state index contributed by atoms with van der Waals surface area (Å²) in [5.41, 5.74) is 8.34. The van der Waals surface area contributed by atoms with Gasteiger partial charge in [-0.15, -0.1) is 0 Å². The number of hydrogen-bond acceptors (Lipinski definition) is 2. The number of aryl methyl sites for hydroxylation is 1. The van der Waals surface area contributed by atoms with Crippen LogP contribution in [-0.2, 0) is 12.6 Å². The number of aromatic nitrogens is 1. The minimum Gasteiger partial charge on any atom is -0.393 e. The molecule has 1 aromatic carbocycles. The van der Waals surface area contributed by atoms with Crippen LogP contribution in [0.15, 0.2) is 30.5 Å². The molecule has 0 amide bonds. The zero-order chi connectivity index (χ0) is 11.3. The lowest BCUT2D eigenvalue weighted by atomic mass is 9.70. The Balaban J connectivity index is 2.20. The minimum atomic E-state index is -0.342. The predicted octanol–water partition coefficient (Wildman–Crippen LogP) is 1.49. The van der Waals surface area contributed by atoms with Gasteiger partial charge in [0.05, 0.1) is 11.6 Å². The van der Waals surface area contributed by atoms with Gasteiger partial charge in [0.1, 0.15) is 0 Å². The summed E-state index contributed by atoms with van der Waals surface area (Å²) in [7, 11) is 2.03. The number of para-hydroxylation sites is 1. The Labute approximate surface area is 94.5 Å². The molecule has 0 unspecified atom stereocenters. The topological polar surface area (TPSA) is 51.2 Å². The number of aliphatic hydroxyl groups excluding tert-OH is 1. The van der Waals surface area contributed by atoms with Crippen LogP contribution in [0, 0.1) is 0 Å². The van der Waals surface area contributed by atoms with E-state index in [0.717, 1.165) is 5.56 Å². The van der Waals surface area contributed by atoms with Gasteiger partial charge < -0.3 is 15.4 Å². The second kappa shape index (κ2) is 3.09. The van der Waals surface area contributed by atoms with Crippen LogP contribution in [0.5, 0.6) is 0 Å². The van der Waals surface area contributed by atoms with Crippen molar-refractivity contribution >= 4 is 10.9 Å². The molecule has 3 rings (SSSR count). The summed E-state index contributed by atoms with van der Waals surface area (Å²) < 4.78 is 2.10.